The van der Waals surface area contributed by atoms with E-state index in [9.17, 15) is 9.59 Å². The first-order chi connectivity index (χ1) is 14.9. The van der Waals surface area contributed by atoms with Gasteiger partial charge in [0.2, 0.25) is 0 Å². The fourth-order valence-electron chi connectivity index (χ4n) is 3.32. The van der Waals surface area contributed by atoms with E-state index in [1.165, 1.54) is 0 Å². The van der Waals surface area contributed by atoms with E-state index < -0.39 is 11.8 Å². The number of carbonyl (C=O) groups excluding carboxylic acids is 2. The monoisotopic (exact) mass is 418 g/mol. The van der Waals surface area contributed by atoms with E-state index in [0.29, 0.717) is 0 Å². The number of aromatic nitrogens is 1. The van der Waals surface area contributed by atoms with Crippen LogP contribution in [0.2, 0.25) is 0 Å². The molecule has 1 aromatic heterocycles. The minimum absolute atomic E-state index is 0.234. The summed E-state index contributed by atoms with van der Waals surface area (Å²) in [5.41, 5.74) is 8.30. The van der Waals surface area contributed by atoms with E-state index in [-0.39, 0.29) is 6.54 Å². The highest BCUT2D eigenvalue weighted by molar-refractivity contribution is 6.35. The lowest BCUT2D eigenvalue weighted by Crippen LogP contribution is -2.37. The average molecular weight is 418 g/mol. The van der Waals surface area contributed by atoms with Crippen molar-refractivity contribution in [3.05, 3.63) is 82.7 Å². The summed E-state index contributed by atoms with van der Waals surface area (Å²) in [6.07, 6.45) is 1.55. The predicted molar refractivity (Wildman–Crippen MR) is 121 cm³/mol. The summed E-state index contributed by atoms with van der Waals surface area (Å²) in [4.78, 5) is 24.0. The van der Waals surface area contributed by atoms with Crippen LogP contribution in [-0.4, -0.2) is 29.7 Å². The van der Waals surface area contributed by atoms with Gasteiger partial charge in [-0.1, -0.05) is 30.3 Å². The van der Waals surface area contributed by atoms with Crippen LogP contribution >= 0.6 is 0 Å². The minimum atomic E-state index is -0.822. The number of para-hydroxylation sites is 1. The second kappa shape index (κ2) is 9.75. The molecule has 1 heterocycles. The van der Waals surface area contributed by atoms with E-state index in [4.69, 9.17) is 4.74 Å². The van der Waals surface area contributed by atoms with Gasteiger partial charge >= 0.3 is 11.8 Å². The molecule has 0 saturated carbocycles. The van der Waals surface area contributed by atoms with Crippen LogP contribution in [0, 0.1) is 20.8 Å². The summed E-state index contributed by atoms with van der Waals surface area (Å²) in [6.45, 7) is 6.30. The Morgan fingerprint density at radius 3 is 2.42 bits per heavy atom. The number of aryl methyl sites for hydroxylation is 2. The zero-order chi connectivity index (χ0) is 22.4. The molecule has 7 heteroatoms. The summed E-state index contributed by atoms with van der Waals surface area (Å²) in [7, 11) is 1.59. The standard InChI is InChI=1S/C24H26N4O3/c1-16-7-5-6-8-22(16)28-17(2)13-20(18(28)3)15-26-27-24(30)23(29)25-14-19-9-11-21(31-4)12-10-19/h5-13,15H,14H2,1-4H3,(H,25,29)(H,27,30)/b26-15-. The first-order valence-corrected chi connectivity index (χ1v) is 9.90. The van der Waals surface area contributed by atoms with Gasteiger partial charge in [0.1, 0.15) is 5.75 Å². The average Bonchev–Trinajstić information content (AvgIpc) is 3.05. The van der Waals surface area contributed by atoms with Crippen LogP contribution in [0.3, 0.4) is 0 Å². The summed E-state index contributed by atoms with van der Waals surface area (Å²) >= 11 is 0. The third-order valence-electron chi connectivity index (χ3n) is 5.01. The number of carbonyl (C=O) groups is 2. The van der Waals surface area contributed by atoms with Crippen LogP contribution in [0.4, 0.5) is 0 Å². The van der Waals surface area contributed by atoms with Crippen LogP contribution < -0.4 is 15.5 Å². The Morgan fingerprint density at radius 2 is 1.74 bits per heavy atom. The van der Waals surface area contributed by atoms with Gasteiger partial charge in [-0.2, -0.15) is 5.10 Å². The number of rotatable bonds is 6. The summed E-state index contributed by atoms with van der Waals surface area (Å²) in [6, 6.07) is 17.3. The molecule has 0 unspecified atom stereocenters. The smallest absolute Gasteiger partial charge is 0.329 e. The van der Waals surface area contributed by atoms with Crippen molar-refractivity contribution >= 4 is 18.0 Å². The lowest BCUT2D eigenvalue weighted by molar-refractivity contribution is -0.139. The van der Waals surface area contributed by atoms with E-state index in [2.05, 4.69) is 39.5 Å². The Labute approximate surface area is 181 Å². The molecule has 31 heavy (non-hydrogen) atoms. The molecule has 2 N–H and O–H groups in total. The third-order valence-corrected chi connectivity index (χ3v) is 5.01. The Morgan fingerprint density at radius 1 is 1.03 bits per heavy atom. The Kier molecular flexibility index (Phi) is 6.87. The topological polar surface area (TPSA) is 84.7 Å². The Bertz CT molecular complexity index is 1110. The molecule has 0 aliphatic heterocycles. The molecular weight excluding hydrogens is 392 g/mol. The summed E-state index contributed by atoms with van der Waals surface area (Å²) in [5, 5.41) is 6.52. The van der Waals surface area contributed by atoms with Crippen molar-refractivity contribution < 1.29 is 14.3 Å². The molecule has 2 aromatic carbocycles. The molecule has 0 bridgehead atoms. The van der Waals surface area contributed by atoms with E-state index in [1.54, 1.807) is 25.5 Å². The van der Waals surface area contributed by atoms with Gasteiger partial charge in [0.25, 0.3) is 0 Å². The van der Waals surface area contributed by atoms with Crippen molar-refractivity contribution in [3.8, 4) is 11.4 Å². The number of hydrogen-bond donors (Lipinski definition) is 2. The second-order valence-electron chi connectivity index (χ2n) is 7.18. The molecule has 0 spiro atoms. The van der Waals surface area contributed by atoms with Crippen molar-refractivity contribution in [2.75, 3.05) is 7.11 Å². The quantitative estimate of drug-likeness (QED) is 0.366. The first-order valence-electron chi connectivity index (χ1n) is 9.90. The van der Waals surface area contributed by atoms with Crippen LogP contribution in [0.1, 0.15) is 28.1 Å². The molecule has 3 rings (SSSR count). The Hall–Kier alpha value is -3.87. The van der Waals surface area contributed by atoms with Crippen molar-refractivity contribution in [1.82, 2.24) is 15.3 Å². The first kappa shape index (κ1) is 21.8. The molecule has 0 radical (unpaired) electrons. The second-order valence-corrected chi connectivity index (χ2v) is 7.18. The van der Waals surface area contributed by atoms with E-state index in [1.807, 2.05) is 44.2 Å². The fraction of sp³-hybridized carbons (Fsp3) is 0.208. The highest BCUT2D eigenvalue weighted by Gasteiger charge is 2.13. The van der Waals surface area contributed by atoms with Crippen molar-refractivity contribution in [2.45, 2.75) is 27.3 Å². The number of hydrazone groups is 1. The molecule has 0 aliphatic rings. The Balaban J connectivity index is 1.60. The highest BCUT2D eigenvalue weighted by Crippen LogP contribution is 2.22. The van der Waals surface area contributed by atoms with Crippen LogP contribution in [0.15, 0.2) is 59.7 Å². The van der Waals surface area contributed by atoms with E-state index >= 15 is 0 Å². The number of ether oxygens (including phenoxy) is 1. The largest absolute Gasteiger partial charge is 0.497 e. The molecule has 3 aromatic rings. The van der Waals surface area contributed by atoms with Gasteiger partial charge in [-0.05, 0) is 56.2 Å². The minimum Gasteiger partial charge on any atom is -0.497 e. The summed E-state index contributed by atoms with van der Waals surface area (Å²) in [5.74, 6) is -0.847. The van der Waals surface area contributed by atoms with Gasteiger partial charge in [0.15, 0.2) is 0 Å². The number of nitrogens with zero attached hydrogens (tertiary/aromatic N) is 2. The molecule has 2 amide bonds. The molecule has 0 aliphatic carbocycles. The molecule has 7 nitrogen and oxygen atoms in total. The molecular formula is C24H26N4O3. The van der Waals surface area contributed by atoms with Gasteiger partial charge in [0, 0.05) is 29.2 Å². The number of benzene rings is 2. The highest BCUT2D eigenvalue weighted by atomic mass is 16.5. The lowest BCUT2D eigenvalue weighted by atomic mass is 10.2. The maximum Gasteiger partial charge on any atom is 0.329 e. The van der Waals surface area contributed by atoms with Crippen molar-refractivity contribution in [2.24, 2.45) is 5.10 Å². The molecule has 160 valence electrons. The lowest BCUT2D eigenvalue weighted by Gasteiger charge is -2.12. The molecule has 0 atom stereocenters. The van der Waals surface area contributed by atoms with Gasteiger partial charge in [-0.3, -0.25) is 9.59 Å². The van der Waals surface area contributed by atoms with Gasteiger partial charge in [0.05, 0.1) is 13.3 Å². The van der Waals surface area contributed by atoms with Crippen LogP contribution in [0.5, 0.6) is 5.75 Å². The van der Waals surface area contributed by atoms with Gasteiger partial charge < -0.3 is 14.6 Å². The fourth-order valence-corrected chi connectivity index (χ4v) is 3.32. The van der Waals surface area contributed by atoms with Crippen LogP contribution in [0.25, 0.3) is 5.69 Å². The predicted octanol–water partition coefficient (Wildman–Crippen LogP) is 3.18. The number of nitrogens with one attached hydrogen (secondary N) is 2. The van der Waals surface area contributed by atoms with Gasteiger partial charge in [-0.25, -0.2) is 5.43 Å². The van der Waals surface area contributed by atoms with Crippen LogP contribution in [-0.2, 0) is 16.1 Å². The molecule has 0 saturated heterocycles. The van der Waals surface area contributed by atoms with Gasteiger partial charge in [-0.15, -0.1) is 0 Å². The maximum absolute atomic E-state index is 12.0. The summed E-state index contributed by atoms with van der Waals surface area (Å²) < 4.78 is 7.23. The number of methoxy groups -OCH3 is 1. The molecule has 0 fully saturated rings. The third kappa shape index (κ3) is 5.19. The zero-order valence-corrected chi connectivity index (χ0v) is 18.1. The van der Waals surface area contributed by atoms with Crippen molar-refractivity contribution in [1.29, 1.82) is 0 Å². The van der Waals surface area contributed by atoms with E-state index in [0.717, 1.165) is 39.5 Å². The normalized spacial score (nSPS) is 10.8. The number of hydrogen-bond acceptors (Lipinski definition) is 4. The SMILES string of the molecule is COc1ccc(CNC(=O)C(=O)N/N=C\c2cc(C)n(-c3ccccc3C)c2C)cc1. The zero-order valence-electron chi connectivity index (χ0n) is 18.1. The maximum atomic E-state index is 12.0. The number of amides is 2. The van der Waals surface area contributed by atoms with Crippen molar-refractivity contribution in [3.63, 3.8) is 0 Å².